The molecule has 0 saturated heterocycles. The van der Waals surface area contributed by atoms with E-state index in [1.807, 2.05) is 0 Å². The van der Waals surface area contributed by atoms with Gasteiger partial charge in [-0.2, -0.15) is 0 Å². The van der Waals surface area contributed by atoms with Crippen molar-refractivity contribution in [2.45, 2.75) is 13.1 Å². The van der Waals surface area contributed by atoms with Crippen molar-refractivity contribution in [3.05, 3.63) is 35.4 Å². The van der Waals surface area contributed by atoms with Gasteiger partial charge in [0, 0.05) is 62.8 Å². The molecule has 0 heterocycles. The van der Waals surface area contributed by atoms with Gasteiger partial charge < -0.3 is 51.6 Å². The summed E-state index contributed by atoms with van der Waals surface area (Å²) in [5.41, 5.74) is 25.6. The first-order valence-electron chi connectivity index (χ1n) is 12.0. The second-order valence-electron chi connectivity index (χ2n) is 9.31. The summed E-state index contributed by atoms with van der Waals surface area (Å²) in [6, 6.07) is 8.84. The van der Waals surface area contributed by atoms with Crippen LogP contribution in [0.5, 0.6) is 0 Å². The van der Waals surface area contributed by atoms with E-state index in [0.29, 0.717) is 26.2 Å². The van der Waals surface area contributed by atoms with Crippen molar-refractivity contribution in [3.8, 4) is 0 Å². The van der Waals surface area contributed by atoms with Crippen LogP contribution in [-0.4, -0.2) is 119 Å². The van der Waals surface area contributed by atoms with E-state index in [0.717, 1.165) is 74.4 Å². The number of likely N-dealkylation sites (N-methyl/N-ethyl adjacent to an activating group) is 2. The number of hydrogen-bond acceptors (Lipinski definition) is 10. The van der Waals surface area contributed by atoms with Crippen LogP contribution in [-0.2, 0) is 23.5 Å². The highest BCUT2D eigenvalue weighted by atomic mass is 32.3. The Labute approximate surface area is 211 Å². The van der Waals surface area contributed by atoms with Crippen molar-refractivity contribution in [3.63, 3.8) is 0 Å². The van der Waals surface area contributed by atoms with Gasteiger partial charge in [0.15, 0.2) is 0 Å². The molecule has 1 aromatic carbocycles. The molecule has 0 aliphatic rings. The molecule has 0 saturated carbocycles. The number of nitrogens with one attached hydrogen (secondary N) is 2. The Bertz CT molecular complexity index is 696. The summed E-state index contributed by atoms with van der Waals surface area (Å²) < 4.78 is 35.9. The molecule has 0 aliphatic carbocycles. The summed E-state index contributed by atoms with van der Waals surface area (Å²) in [5.74, 6) is 0. The first-order chi connectivity index (χ1) is 16.4. The minimum atomic E-state index is -5.17. The zero-order valence-corrected chi connectivity index (χ0v) is 22.3. The van der Waals surface area contributed by atoms with Crippen molar-refractivity contribution in [2.24, 2.45) is 22.9 Å². The Morgan fingerprint density at radius 3 is 1.14 bits per heavy atom. The van der Waals surface area contributed by atoms with Crippen LogP contribution in [0.4, 0.5) is 0 Å². The Balaban J connectivity index is 0.00000209. The van der Waals surface area contributed by atoms with Crippen molar-refractivity contribution in [2.75, 3.05) is 92.6 Å². The molecule has 10 N–H and O–H groups in total. The maximum absolute atomic E-state index is 8.52. The van der Waals surface area contributed by atoms with Gasteiger partial charge in [-0.3, -0.25) is 8.42 Å². The summed E-state index contributed by atoms with van der Waals surface area (Å²) >= 11 is 0. The van der Waals surface area contributed by atoms with Crippen LogP contribution in [0.1, 0.15) is 11.1 Å². The third-order valence-corrected chi connectivity index (χ3v) is 6.01. The van der Waals surface area contributed by atoms with Gasteiger partial charge in [0.25, 0.3) is 0 Å². The maximum atomic E-state index is 8.52. The average Bonchev–Trinajstić information content (AvgIpc) is 2.75. The highest BCUT2D eigenvalue weighted by Crippen LogP contribution is 2.05. The van der Waals surface area contributed by atoms with Gasteiger partial charge in [0.05, 0.1) is 53.4 Å². The molecule has 0 atom stereocenters. The number of benzene rings is 1. The SMILES string of the molecule is C[N+](CCN)(CCN)CCNCc1ccc(CNCC[N+](C)(CCN)CCN)cc1.O=S(=O)([O-])[O-]. The molecule has 0 bridgehead atoms. The van der Waals surface area contributed by atoms with E-state index < -0.39 is 10.4 Å². The summed E-state index contributed by atoms with van der Waals surface area (Å²) in [4.78, 5) is 0. The molecule has 1 rings (SSSR count). The zero-order valence-electron chi connectivity index (χ0n) is 21.5. The van der Waals surface area contributed by atoms with Crippen LogP contribution in [0.25, 0.3) is 0 Å². The van der Waals surface area contributed by atoms with E-state index in [2.05, 4.69) is 49.0 Å². The quantitative estimate of drug-likeness (QED) is 0.0509. The summed E-state index contributed by atoms with van der Waals surface area (Å²) in [7, 11) is -0.701. The van der Waals surface area contributed by atoms with Crippen molar-refractivity contribution in [1.82, 2.24) is 10.6 Å². The predicted octanol–water partition coefficient (Wildman–Crippen LogP) is -2.74. The lowest BCUT2D eigenvalue weighted by molar-refractivity contribution is -0.905. The second kappa shape index (κ2) is 18.1. The molecule has 206 valence electrons. The topological polar surface area (TPSA) is 208 Å². The Morgan fingerprint density at radius 2 is 0.914 bits per heavy atom. The fourth-order valence-electron chi connectivity index (χ4n) is 3.86. The normalized spacial score (nSPS) is 12.3. The van der Waals surface area contributed by atoms with Crippen molar-refractivity contribution < 1.29 is 26.5 Å². The number of nitrogens with two attached hydrogens (primary N) is 4. The molecule has 0 fully saturated rings. The third-order valence-electron chi connectivity index (χ3n) is 6.01. The fourth-order valence-corrected chi connectivity index (χ4v) is 3.86. The first-order valence-corrected chi connectivity index (χ1v) is 13.4. The predicted molar refractivity (Wildman–Crippen MR) is 138 cm³/mol. The van der Waals surface area contributed by atoms with Crippen LogP contribution in [0.2, 0.25) is 0 Å². The van der Waals surface area contributed by atoms with Crippen molar-refractivity contribution >= 4 is 10.4 Å². The van der Waals surface area contributed by atoms with Gasteiger partial charge in [-0.1, -0.05) is 24.3 Å². The van der Waals surface area contributed by atoms with Crippen LogP contribution in [0, 0.1) is 0 Å². The van der Waals surface area contributed by atoms with Crippen LogP contribution >= 0.6 is 0 Å². The molecule has 35 heavy (non-hydrogen) atoms. The highest BCUT2D eigenvalue weighted by Gasteiger charge is 2.19. The van der Waals surface area contributed by atoms with Crippen LogP contribution in [0.15, 0.2) is 24.3 Å². The molecule has 0 amide bonds. The van der Waals surface area contributed by atoms with Gasteiger partial charge >= 0.3 is 0 Å². The Morgan fingerprint density at radius 1 is 0.657 bits per heavy atom. The fraction of sp³-hybridized carbons (Fsp3) is 0.727. The Kier molecular flexibility index (Phi) is 17.4. The molecular formula is C22H48N8O4S. The smallest absolute Gasteiger partial charge is 0.0912 e. The van der Waals surface area contributed by atoms with E-state index >= 15 is 0 Å². The Hall–Kier alpha value is -1.23. The van der Waals surface area contributed by atoms with Gasteiger partial charge in [0.2, 0.25) is 0 Å². The molecule has 0 spiro atoms. The lowest BCUT2D eigenvalue weighted by Gasteiger charge is -2.34. The van der Waals surface area contributed by atoms with E-state index in [9.17, 15) is 0 Å². The van der Waals surface area contributed by atoms with E-state index in [-0.39, 0.29) is 0 Å². The van der Waals surface area contributed by atoms with Gasteiger partial charge in [-0.15, -0.1) is 0 Å². The standard InChI is InChI=1S/C22H48N8.H2O4S/c1-29(13-7-23,14-8-24)17-11-27-19-21-3-5-22(6-4-21)20-28-12-18-30(2,15-9-25)16-10-26;1-5(2,3)4/h3-6,27-28H,7-20,23-26H2,1-2H3;(H2,1,2,3,4)/q+2;/p-2. The maximum Gasteiger partial charge on any atom is 0.0912 e. The number of rotatable bonds is 18. The first kappa shape index (κ1) is 33.8. The van der Waals surface area contributed by atoms with Gasteiger partial charge in [0.1, 0.15) is 0 Å². The summed E-state index contributed by atoms with van der Waals surface area (Å²) in [6.07, 6.45) is 0. The monoisotopic (exact) mass is 520 g/mol. The average molecular weight is 521 g/mol. The van der Waals surface area contributed by atoms with E-state index in [1.165, 1.54) is 11.1 Å². The molecule has 0 radical (unpaired) electrons. The molecular weight excluding hydrogens is 472 g/mol. The van der Waals surface area contributed by atoms with Gasteiger partial charge in [-0.25, -0.2) is 0 Å². The lowest BCUT2D eigenvalue weighted by atomic mass is 10.1. The molecule has 13 heteroatoms. The summed E-state index contributed by atoms with van der Waals surface area (Å²) in [5, 5.41) is 7.10. The minimum Gasteiger partial charge on any atom is -0.759 e. The molecule has 0 aromatic heterocycles. The largest absolute Gasteiger partial charge is 0.759 e. The molecule has 12 nitrogen and oxygen atoms in total. The third kappa shape index (κ3) is 18.7. The summed E-state index contributed by atoms with van der Waals surface area (Å²) in [6.45, 7) is 12.4. The van der Waals surface area contributed by atoms with E-state index in [4.69, 9.17) is 40.5 Å². The minimum absolute atomic E-state index is 0.699. The van der Waals surface area contributed by atoms with Crippen LogP contribution < -0.4 is 33.6 Å². The highest BCUT2D eigenvalue weighted by molar-refractivity contribution is 7.79. The number of hydrogen-bond donors (Lipinski definition) is 6. The number of quaternary nitrogens is 2. The molecule has 0 unspecified atom stereocenters. The van der Waals surface area contributed by atoms with Crippen molar-refractivity contribution in [1.29, 1.82) is 0 Å². The lowest BCUT2D eigenvalue weighted by Crippen LogP contribution is -2.53. The van der Waals surface area contributed by atoms with E-state index in [1.54, 1.807) is 0 Å². The van der Waals surface area contributed by atoms with Gasteiger partial charge in [-0.05, 0) is 11.1 Å². The zero-order chi connectivity index (χ0) is 26.8. The van der Waals surface area contributed by atoms with Crippen LogP contribution in [0.3, 0.4) is 0 Å². The molecule has 1 aromatic rings. The molecule has 0 aliphatic heterocycles. The second-order valence-corrected chi connectivity index (χ2v) is 10.1. The number of nitrogens with zero attached hydrogens (tertiary/aromatic N) is 2.